The molecule has 0 unspecified atom stereocenters. The second kappa shape index (κ2) is 3.61. The fourth-order valence-electron chi connectivity index (χ4n) is 1.29. The molecule has 0 amide bonds. The molecule has 1 aromatic heterocycles. The van der Waals surface area contributed by atoms with Crippen molar-refractivity contribution in [3.63, 3.8) is 0 Å². The van der Waals surface area contributed by atoms with Crippen molar-refractivity contribution in [3.8, 4) is 6.01 Å². The molecule has 0 bridgehead atoms. The van der Waals surface area contributed by atoms with Crippen LogP contribution in [0.3, 0.4) is 0 Å². The van der Waals surface area contributed by atoms with Crippen LogP contribution in [0.25, 0.3) is 0 Å². The summed E-state index contributed by atoms with van der Waals surface area (Å²) < 4.78 is 7.46. The topological polar surface area (TPSA) is 27.1 Å². The van der Waals surface area contributed by atoms with Crippen LogP contribution in [0.4, 0.5) is 0 Å². The summed E-state index contributed by atoms with van der Waals surface area (Å²) in [6.45, 7) is 8.92. The Kier molecular flexibility index (Phi) is 2.74. The number of imidazole rings is 1. The maximum atomic E-state index is 5.37. The first-order valence-electron chi connectivity index (χ1n) is 4.33. The molecular weight excluding hydrogens is 152 g/mol. The third kappa shape index (κ3) is 1.60. The minimum atomic E-state index is 0.411. The Bertz CT molecular complexity index is 253. The molecule has 0 aliphatic heterocycles. The van der Waals surface area contributed by atoms with Crippen LogP contribution in [0, 0.1) is 6.92 Å². The normalized spacial score (nSPS) is 10.8. The van der Waals surface area contributed by atoms with E-state index in [4.69, 9.17) is 4.74 Å². The molecule has 68 valence electrons. The third-order valence-corrected chi connectivity index (χ3v) is 1.74. The van der Waals surface area contributed by atoms with Gasteiger partial charge in [0.15, 0.2) is 0 Å². The number of aryl methyl sites for hydroxylation is 1. The Labute approximate surface area is 73.4 Å². The molecule has 0 saturated carbocycles. The van der Waals surface area contributed by atoms with Gasteiger partial charge in [-0.3, -0.25) is 4.57 Å². The average Bonchev–Trinajstić information content (AvgIpc) is 2.32. The van der Waals surface area contributed by atoms with Gasteiger partial charge in [0.25, 0.3) is 6.01 Å². The Balaban J connectivity index is 2.95. The maximum absolute atomic E-state index is 5.37. The van der Waals surface area contributed by atoms with Crippen LogP contribution >= 0.6 is 0 Å². The number of hydrogen-bond acceptors (Lipinski definition) is 2. The molecule has 1 aromatic rings. The summed E-state index contributed by atoms with van der Waals surface area (Å²) in [5, 5.41) is 0. The molecule has 0 fully saturated rings. The second-order valence-electron chi connectivity index (χ2n) is 3.08. The molecule has 0 atom stereocenters. The highest BCUT2D eigenvalue weighted by Gasteiger charge is 2.09. The highest BCUT2D eigenvalue weighted by atomic mass is 16.5. The molecule has 1 heterocycles. The predicted octanol–water partition coefficient (Wildman–Crippen LogP) is 2.17. The van der Waals surface area contributed by atoms with Crippen molar-refractivity contribution >= 4 is 0 Å². The van der Waals surface area contributed by atoms with Crippen LogP contribution in [-0.4, -0.2) is 16.2 Å². The van der Waals surface area contributed by atoms with E-state index in [1.54, 1.807) is 0 Å². The van der Waals surface area contributed by atoms with E-state index < -0.39 is 0 Å². The van der Waals surface area contributed by atoms with Crippen molar-refractivity contribution in [2.75, 3.05) is 6.61 Å². The van der Waals surface area contributed by atoms with Crippen molar-refractivity contribution in [2.45, 2.75) is 33.7 Å². The van der Waals surface area contributed by atoms with Crippen LogP contribution in [0.15, 0.2) is 6.20 Å². The van der Waals surface area contributed by atoms with Gasteiger partial charge in [-0.15, -0.1) is 0 Å². The largest absolute Gasteiger partial charge is 0.465 e. The summed E-state index contributed by atoms with van der Waals surface area (Å²) in [5.41, 5.74) is 1.15. The second-order valence-corrected chi connectivity index (χ2v) is 3.08. The Morgan fingerprint density at radius 1 is 1.58 bits per heavy atom. The lowest BCUT2D eigenvalue weighted by Gasteiger charge is -2.12. The van der Waals surface area contributed by atoms with Gasteiger partial charge in [0.2, 0.25) is 0 Å². The molecule has 12 heavy (non-hydrogen) atoms. The first kappa shape index (κ1) is 9.10. The zero-order chi connectivity index (χ0) is 9.14. The summed E-state index contributed by atoms with van der Waals surface area (Å²) in [4.78, 5) is 4.17. The van der Waals surface area contributed by atoms with Gasteiger partial charge in [-0.2, -0.15) is 0 Å². The number of hydrogen-bond donors (Lipinski definition) is 0. The van der Waals surface area contributed by atoms with Gasteiger partial charge in [0.1, 0.15) is 0 Å². The molecule has 0 radical (unpaired) electrons. The first-order valence-corrected chi connectivity index (χ1v) is 4.33. The van der Waals surface area contributed by atoms with Crippen molar-refractivity contribution in [1.82, 2.24) is 9.55 Å². The Morgan fingerprint density at radius 2 is 2.25 bits per heavy atom. The summed E-state index contributed by atoms with van der Waals surface area (Å²) in [6, 6.07) is 1.14. The van der Waals surface area contributed by atoms with Crippen LogP contribution < -0.4 is 4.74 Å². The van der Waals surface area contributed by atoms with Crippen molar-refractivity contribution in [1.29, 1.82) is 0 Å². The van der Waals surface area contributed by atoms with Gasteiger partial charge in [-0.05, 0) is 27.7 Å². The summed E-state index contributed by atoms with van der Waals surface area (Å²) in [5.74, 6) is 0. The average molecular weight is 168 g/mol. The minimum Gasteiger partial charge on any atom is -0.465 e. The summed E-state index contributed by atoms with van der Waals surface area (Å²) in [6.07, 6.45) is 1.84. The maximum Gasteiger partial charge on any atom is 0.296 e. The van der Waals surface area contributed by atoms with Gasteiger partial charge >= 0.3 is 0 Å². The quantitative estimate of drug-likeness (QED) is 0.691. The van der Waals surface area contributed by atoms with Gasteiger partial charge in [0.05, 0.1) is 12.8 Å². The van der Waals surface area contributed by atoms with Gasteiger partial charge < -0.3 is 4.74 Å². The fraction of sp³-hybridized carbons (Fsp3) is 0.667. The summed E-state index contributed by atoms with van der Waals surface area (Å²) >= 11 is 0. The van der Waals surface area contributed by atoms with E-state index in [-0.39, 0.29) is 0 Å². The molecule has 0 aromatic carbocycles. The number of nitrogens with zero attached hydrogens (tertiary/aromatic N) is 2. The molecular formula is C9H16N2O. The molecule has 0 saturated heterocycles. The van der Waals surface area contributed by atoms with E-state index in [1.165, 1.54) is 0 Å². The molecule has 0 aliphatic rings. The molecule has 1 rings (SSSR count). The lowest BCUT2D eigenvalue weighted by Crippen LogP contribution is -2.07. The van der Waals surface area contributed by atoms with Gasteiger partial charge in [-0.1, -0.05) is 0 Å². The number of ether oxygens (including phenoxy) is 1. The van der Waals surface area contributed by atoms with Gasteiger partial charge in [-0.25, -0.2) is 4.98 Å². The highest BCUT2D eigenvalue weighted by Crippen LogP contribution is 2.18. The Hall–Kier alpha value is -0.990. The molecule has 0 spiro atoms. The van der Waals surface area contributed by atoms with Crippen molar-refractivity contribution < 1.29 is 4.74 Å². The smallest absolute Gasteiger partial charge is 0.296 e. The molecule has 3 heteroatoms. The van der Waals surface area contributed by atoms with E-state index >= 15 is 0 Å². The van der Waals surface area contributed by atoms with Crippen molar-refractivity contribution in [2.24, 2.45) is 0 Å². The zero-order valence-corrected chi connectivity index (χ0v) is 8.16. The number of aromatic nitrogens is 2. The standard InChI is InChI=1S/C9H16N2O/c1-5-12-9-10-6-8(4)11(9)7(2)3/h6-7H,5H2,1-4H3. The van der Waals surface area contributed by atoms with E-state index in [9.17, 15) is 0 Å². The van der Waals surface area contributed by atoms with E-state index in [2.05, 4.69) is 23.4 Å². The first-order chi connectivity index (χ1) is 5.66. The lowest BCUT2D eigenvalue weighted by molar-refractivity contribution is 0.288. The van der Waals surface area contributed by atoms with Crippen LogP contribution in [0.1, 0.15) is 32.5 Å². The minimum absolute atomic E-state index is 0.411. The monoisotopic (exact) mass is 168 g/mol. The van der Waals surface area contributed by atoms with E-state index in [1.807, 2.05) is 20.0 Å². The molecule has 0 N–H and O–H groups in total. The van der Waals surface area contributed by atoms with Gasteiger partial charge in [0, 0.05) is 11.7 Å². The predicted molar refractivity (Wildman–Crippen MR) is 48.5 cm³/mol. The molecule has 0 aliphatic carbocycles. The third-order valence-electron chi connectivity index (χ3n) is 1.74. The summed E-state index contributed by atoms with van der Waals surface area (Å²) in [7, 11) is 0. The van der Waals surface area contributed by atoms with Crippen molar-refractivity contribution in [3.05, 3.63) is 11.9 Å². The molecule has 3 nitrogen and oxygen atoms in total. The van der Waals surface area contributed by atoms with E-state index in [0.29, 0.717) is 12.6 Å². The SMILES string of the molecule is CCOc1ncc(C)n1C(C)C. The lowest BCUT2D eigenvalue weighted by atomic mass is 10.4. The highest BCUT2D eigenvalue weighted by molar-refractivity contribution is 5.09. The van der Waals surface area contributed by atoms with E-state index in [0.717, 1.165) is 11.7 Å². The van der Waals surface area contributed by atoms with Crippen LogP contribution in [0.5, 0.6) is 6.01 Å². The van der Waals surface area contributed by atoms with Crippen LogP contribution in [-0.2, 0) is 0 Å². The fourth-order valence-corrected chi connectivity index (χ4v) is 1.29. The Morgan fingerprint density at radius 3 is 2.75 bits per heavy atom. The number of rotatable bonds is 3. The zero-order valence-electron chi connectivity index (χ0n) is 8.16. The van der Waals surface area contributed by atoms with Crippen LogP contribution in [0.2, 0.25) is 0 Å².